The summed E-state index contributed by atoms with van der Waals surface area (Å²) in [7, 11) is -3.61. The fraction of sp³-hybridized carbons (Fsp3) is 0.364. The van der Waals surface area contributed by atoms with Gasteiger partial charge in [0.1, 0.15) is 0 Å². The quantitative estimate of drug-likeness (QED) is 0.787. The number of hydrogen-bond acceptors (Lipinski definition) is 4. The smallest absolute Gasteiger partial charge is 0.265 e. The number of hydrogen-bond donors (Lipinski definition) is 1. The SMILES string of the molecule is CC(OS(C)(=O)=O)C(=O)NCc1ccccc1. The topological polar surface area (TPSA) is 72.5 Å². The van der Waals surface area contributed by atoms with E-state index in [0.29, 0.717) is 6.54 Å². The average molecular weight is 257 g/mol. The first-order chi connectivity index (χ1) is 7.88. The summed E-state index contributed by atoms with van der Waals surface area (Å²) in [5.41, 5.74) is 0.937. The molecule has 0 heterocycles. The van der Waals surface area contributed by atoms with Crippen LogP contribution in [0.2, 0.25) is 0 Å². The van der Waals surface area contributed by atoms with Crippen LogP contribution in [-0.2, 0) is 25.6 Å². The van der Waals surface area contributed by atoms with Crippen LogP contribution in [-0.4, -0.2) is 26.7 Å². The average Bonchev–Trinajstić information content (AvgIpc) is 2.25. The third-order valence-corrected chi connectivity index (χ3v) is 2.64. The number of rotatable bonds is 5. The molecular formula is C11H15NO4S. The van der Waals surface area contributed by atoms with E-state index < -0.39 is 22.1 Å². The minimum Gasteiger partial charge on any atom is -0.350 e. The van der Waals surface area contributed by atoms with Crippen molar-refractivity contribution in [2.24, 2.45) is 0 Å². The highest BCUT2D eigenvalue weighted by molar-refractivity contribution is 7.86. The second-order valence-electron chi connectivity index (χ2n) is 3.65. The first kappa shape index (κ1) is 13.7. The summed E-state index contributed by atoms with van der Waals surface area (Å²) >= 11 is 0. The summed E-state index contributed by atoms with van der Waals surface area (Å²) in [6.07, 6.45) is -0.109. The predicted molar refractivity (Wildman–Crippen MR) is 63.7 cm³/mol. The maximum absolute atomic E-state index is 11.5. The van der Waals surface area contributed by atoms with Gasteiger partial charge in [0.2, 0.25) is 0 Å². The first-order valence-electron chi connectivity index (χ1n) is 5.08. The highest BCUT2D eigenvalue weighted by atomic mass is 32.2. The zero-order valence-corrected chi connectivity index (χ0v) is 10.5. The lowest BCUT2D eigenvalue weighted by molar-refractivity contribution is -0.127. The Morgan fingerprint density at radius 3 is 2.47 bits per heavy atom. The zero-order valence-electron chi connectivity index (χ0n) is 9.71. The molecule has 1 N–H and O–H groups in total. The zero-order chi connectivity index (χ0) is 12.9. The fourth-order valence-corrected chi connectivity index (χ4v) is 1.85. The van der Waals surface area contributed by atoms with Gasteiger partial charge in [0.15, 0.2) is 6.10 Å². The predicted octanol–water partition coefficient (Wildman–Crippen LogP) is 0.667. The molecule has 1 amide bonds. The van der Waals surface area contributed by atoms with E-state index in [1.807, 2.05) is 30.3 Å². The minimum atomic E-state index is -3.61. The van der Waals surface area contributed by atoms with Crippen molar-refractivity contribution in [1.29, 1.82) is 0 Å². The first-order valence-corrected chi connectivity index (χ1v) is 6.90. The maximum Gasteiger partial charge on any atom is 0.265 e. The van der Waals surface area contributed by atoms with E-state index in [2.05, 4.69) is 9.50 Å². The van der Waals surface area contributed by atoms with Gasteiger partial charge in [-0.15, -0.1) is 0 Å². The van der Waals surface area contributed by atoms with Crippen LogP contribution in [0.3, 0.4) is 0 Å². The van der Waals surface area contributed by atoms with Crippen molar-refractivity contribution >= 4 is 16.0 Å². The summed E-state index contributed by atoms with van der Waals surface area (Å²) in [5.74, 6) is -0.459. The summed E-state index contributed by atoms with van der Waals surface area (Å²) in [5, 5.41) is 2.59. The van der Waals surface area contributed by atoms with Crippen molar-refractivity contribution in [3.8, 4) is 0 Å². The Morgan fingerprint density at radius 2 is 1.94 bits per heavy atom. The number of carbonyl (C=O) groups excluding carboxylic acids is 1. The summed E-state index contributed by atoms with van der Waals surface area (Å²) < 4.78 is 26.2. The number of nitrogens with one attached hydrogen (secondary N) is 1. The van der Waals surface area contributed by atoms with Gasteiger partial charge in [-0.1, -0.05) is 30.3 Å². The van der Waals surface area contributed by atoms with E-state index in [1.165, 1.54) is 6.92 Å². The molecule has 1 rings (SSSR count). The molecule has 0 aliphatic heterocycles. The monoisotopic (exact) mass is 257 g/mol. The van der Waals surface area contributed by atoms with Crippen LogP contribution < -0.4 is 5.32 Å². The van der Waals surface area contributed by atoms with Crippen LogP contribution in [0.15, 0.2) is 30.3 Å². The Hall–Kier alpha value is -1.40. The molecule has 17 heavy (non-hydrogen) atoms. The molecule has 0 aromatic heterocycles. The van der Waals surface area contributed by atoms with Crippen molar-refractivity contribution in [2.45, 2.75) is 19.6 Å². The van der Waals surface area contributed by atoms with Crippen LogP contribution in [0.25, 0.3) is 0 Å². The Bertz CT molecular complexity index is 470. The van der Waals surface area contributed by atoms with Crippen LogP contribution in [0.5, 0.6) is 0 Å². The van der Waals surface area contributed by atoms with Crippen LogP contribution in [0.4, 0.5) is 0 Å². The molecule has 0 fully saturated rings. The van der Waals surface area contributed by atoms with Gasteiger partial charge in [-0.2, -0.15) is 8.42 Å². The highest BCUT2D eigenvalue weighted by Gasteiger charge is 2.17. The van der Waals surface area contributed by atoms with Crippen LogP contribution in [0, 0.1) is 0 Å². The van der Waals surface area contributed by atoms with Gasteiger partial charge in [0.05, 0.1) is 6.26 Å². The Morgan fingerprint density at radius 1 is 1.35 bits per heavy atom. The normalized spacial score (nSPS) is 13.1. The van der Waals surface area contributed by atoms with Crippen LogP contribution >= 0.6 is 0 Å². The molecule has 1 unspecified atom stereocenters. The Kier molecular flexibility index (Phi) is 4.65. The molecule has 0 saturated heterocycles. The molecule has 5 nitrogen and oxygen atoms in total. The van der Waals surface area contributed by atoms with Gasteiger partial charge in [-0.05, 0) is 12.5 Å². The molecule has 0 radical (unpaired) electrons. The van der Waals surface area contributed by atoms with E-state index in [0.717, 1.165) is 11.8 Å². The maximum atomic E-state index is 11.5. The van der Waals surface area contributed by atoms with E-state index in [1.54, 1.807) is 0 Å². The molecule has 1 aromatic rings. The number of benzene rings is 1. The largest absolute Gasteiger partial charge is 0.350 e. The Balaban J connectivity index is 2.45. The summed E-state index contributed by atoms with van der Waals surface area (Å²) in [6, 6.07) is 9.32. The standard InChI is InChI=1S/C11H15NO4S/c1-9(16-17(2,14)15)11(13)12-8-10-6-4-3-5-7-10/h3-7,9H,8H2,1-2H3,(H,12,13). The van der Waals surface area contributed by atoms with Crippen molar-refractivity contribution in [3.05, 3.63) is 35.9 Å². The lowest BCUT2D eigenvalue weighted by Crippen LogP contribution is -2.35. The van der Waals surface area contributed by atoms with Gasteiger partial charge in [-0.3, -0.25) is 8.98 Å². The van der Waals surface area contributed by atoms with E-state index in [-0.39, 0.29) is 0 Å². The molecule has 0 aliphatic carbocycles. The van der Waals surface area contributed by atoms with E-state index >= 15 is 0 Å². The molecule has 0 bridgehead atoms. The van der Waals surface area contributed by atoms with Crippen molar-refractivity contribution < 1.29 is 17.4 Å². The molecule has 0 aliphatic rings. The van der Waals surface area contributed by atoms with E-state index in [4.69, 9.17) is 0 Å². The molecule has 1 atom stereocenters. The molecule has 1 aromatic carbocycles. The van der Waals surface area contributed by atoms with Gasteiger partial charge in [-0.25, -0.2) is 0 Å². The van der Waals surface area contributed by atoms with Gasteiger partial charge in [0, 0.05) is 6.54 Å². The highest BCUT2D eigenvalue weighted by Crippen LogP contribution is 2.00. The second-order valence-corrected chi connectivity index (χ2v) is 5.25. The van der Waals surface area contributed by atoms with Gasteiger partial charge < -0.3 is 5.32 Å². The van der Waals surface area contributed by atoms with Crippen molar-refractivity contribution in [2.75, 3.05) is 6.26 Å². The minimum absolute atomic E-state index is 0.344. The third kappa shape index (κ3) is 5.46. The molecule has 0 saturated carbocycles. The van der Waals surface area contributed by atoms with Crippen LogP contribution in [0.1, 0.15) is 12.5 Å². The Labute approximate surface area is 101 Å². The molecule has 0 spiro atoms. The van der Waals surface area contributed by atoms with Gasteiger partial charge in [0.25, 0.3) is 16.0 Å². The van der Waals surface area contributed by atoms with Crippen molar-refractivity contribution in [3.63, 3.8) is 0 Å². The lowest BCUT2D eigenvalue weighted by atomic mass is 10.2. The molecule has 6 heteroatoms. The fourth-order valence-electron chi connectivity index (χ4n) is 1.23. The van der Waals surface area contributed by atoms with Gasteiger partial charge >= 0.3 is 0 Å². The molecular weight excluding hydrogens is 242 g/mol. The molecule has 94 valence electrons. The summed E-state index contributed by atoms with van der Waals surface area (Å²) in [4.78, 5) is 11.5. The van der Waals surface area contributed by atoms with E-state index in [9.17, 15) is 13.2 Å². The number of carbonyl (C=O) groups is 1. The second kappa shape index (κ2) is 5.79. The summed E-state index contributed by atoms with van der Waals surface area (Å²) in [6.45, 7) is 1.73. The third-order valence-electron chi connectivity index (χ3n) is 2.00. The van der Waals surface area contributed by atoms with Crippen molar-refractivity contribution in [1.82, 2.24) is 5.32 Å². The number of amides is 1. The lowest BCUT2D eigenvalue weighted by Gasteiger charge is -2.11.